The Kier molecular flexibility index (Phi) is 3.58. The maximum Gasteiger partial charge on any atom is 0.314 e. The molecular weight excluding hydrogens is 152 g/mol. The molecule has 12 heavy (non-hydrogen) atoms. The molecular formula is C10H14O2. The summed E-state index contributed by atoms with van der Waals surface area (Å²) in [4.78, 5) is 11.0. The van der Waals surface area contributed by atoms with Crippen LogP contribution in [0.4, 0.5) is 0 Å². The minimum Gasteiger partial charge on any atom is -0.435 e. The first-order valence-corrected chi connectivity index (χ1v) is 4.31. The maximum atomic E-state index is 11.0. The standard InChI is InChI=1S/C10H14O2/c1-2-12-10(11)8-9-6-4-3-5-7-9/h2,6H,1,3-5,7-8H2. The Morgan fingerprint density at radius 1 is 1.67 bits per heavy atom. The highest BCUT2D eigenvalue weighted by molar-refractivity contribution is 5.72. The molecule has 1 aliphatic rings. The second-order valence-electron chi connectivity index (χ2n) is 2.94. The topological polar surface area (TPSA) is 26.3 Å². The fraction of sp³-hybridized carbons (Fsp3) is 0.500. The molecule has 0 fully saturated rings. The summed E-state index contributed by atoms with van der Waals surface area (Å²) in [6.07, 6.45) is 8.38. The first-order valence-electron chi connectivity index (χ1n) is 4.31. The molecule has 0 unspecified atom stereocenters. The quantitative estimate of drug-likeness (QED) is 0.366. The molecule has 2 heteroatoms. The van der Waals surface area contributed by atoms with Gasteiger partial charge in [-0.05, 0) is 25.7 Å². The molecule has 0 heterocycles. The fourth-order valence-electron chi connectivity index (χ4n) is 1.39. The molecule has 1 rings (SSSR count). The fourth-order valence-corrected chi connectivity index (χ4v) is 1.39. The van der Waals surface area contributed by atoms with Gasteiger partial charge in [0.2, 0.25) is 0 Å². The third-order valence-electron chi connectivity index (χ3n) is 1.97. The van der Waals surface area contributed by atoms with E-state index >= 15 is 0 Å². The van der Waals surface area contributed by atoms with Crippen molar-refractivity contribution in [3.8, 4) is 0 Å². The number of esters is 1. The van der Waals surface area contributed by atoms with Gasteiger partial charge < -0.3 is 4.74 Å². The Labute approximate surface area is 72.9 Å². The van der Waals surface area contributed by atoms with Gasteiger partial charge in [0.05, 0.1) is 12.7 Å². The highest BCUT2D eigenvalue weighted by atomic mass is 16.5. The number of rotatable bonds is 3. The first-order chi connectivity index (χ1) is 5.83. The summed E-state index contributed by atoms with van der Waals surface area (Å²) in [5.41, 5.74) is 1.22. The summed E-state index contributed by atoms with van der Waals surface area (Å²) in [6, 6.07) is 0. The van der Waals surface area contributed by atoms with Crippen molar-refractivity contribution in [2.45, 2.75) is 32.1 Å². The Balaban J connectivity index is 2.33. The lowest BCUT2D eigenvalue weighted by molar-refractivity contribution is -0.137. The van der Waals surface area contributed by atoms with Crippen LogP contribution >= 0.6 is 0 Å². The minimum absolute atomic E-state index is 0.196. The molecule has 0 radical (unpaired) electrons. The van der Waals surface area contributed by atoms with Gasteiger partial charge in [-0.3, -0.25) is 4.79 Å². The van der Waals surface area contributed by atoms with E-state index in [0.717, 1.165) is 12.8 Å². The van der Waals surface area contributed by atoms with Gasteiger partial charge in [0.15, 0.2) is 0 Å². The van der Waals surface area contributed by atoms with Crippen molar-refractivity contribution in [3.05, 3.63) is 24.5 Å². The van der Waals surface area contributed by atoms with Crippen LogP contribution in [-0.4, -0.2) is 5.97 Å². The summed E-state index contributed by atoms with van der Waals surface area (Å²) in [5, 5.41) is 0. The zero-order valence-electron chi connectivity index (χ0n) is 7.21. The molecule has 2 nitrogen and oxygen atoms in total. The summed E-state index contributed by atoms with van der Waals surface area (Å²) >= 11 is 0. The maximum absolute atomic E-state index is 11.0. The van der Waals surface area contributed by atoms with Gasteiger partial charge in [-0.15, -0.1) is 0 Å². The molecule has 0 spiro atoms. The van der Waals surface area contributed by atoms with Gasteiger partial charge in [-0.1, -0.05) is 18.2 Å². The SMILES string of the molecule is C=COC(=O)CC1=CCCCC1. The number of allylic oxidation sites excluding steroid dienone is 1. The highest BCUT2D eigenvalue weighted by Crippen LogP contribution is 2.20. The first kappa shape index (κ1) is 9.04. The van der Waals surface area contributed by atoms with E-state index < -0.39 is 0 Å². The van der Waals surface area contributed by atoms with Crippen molar-refractivity contribution in [1.82, 2.24) is 0 Å². The van der Waals surface area contributed by atoms with E-state index in [1.54, 1.807) is 0 Å². The number of carbonyl (C=O) groups is 1. The molecule has 0 aliphatic heterocycles. The normalized spacial score (nSPS) is 16.5. The average molecular weight is 166 g/mol. The lowest BCUT2D eigenvalue weighted by Crippen LogP contribution is -2.03. The predicted molar refractivity (Wildman–Crippen MR) is 47.5 cm³/mol. The Bertz CT molecular complexity index is 204. The van der Waals surface area contributed by atoms with Crippen molar-refractivity contribution in [2.75, 3.05) is 0 Å². The molecule has 0 saturated carbocycles. The van der Waals surface area contributed by atoms with Gasteiger partial charge in [0, 0.05) is 0 Å². The minimum atomic E-state index is -0.196. The monoisotopic (exact) mass is 166 g/mol. The predicted octanol–water partition coefficient (Wildman–Crippen LogP) is 2.56. The lowest BCUT2D eigenvalue weighted by atomic mass is 9.97. The molecule has 0 amide bonds. The molecule has 0 N–H and O–H groups in total. The third-order valence-corrected chi connectivity index (χ3v) is 1.97. The number of hydrogen-bond acceptors (Lipinski definition) is 2. The van der Waals surface area contributed by atoms with Gasteiger partial charge in [-0.2, -0.15) is 0 Å². The second kappa shape index (κ2) is 4.75. The molecule has 1 aliphatic carbocycles. The molecule has 0 aromatic heterocycles. The van der Waals surface area contributed by atoms with Gasteiger partial charge in [0.25, 0.3) is 0 Å². The molecule has 0 bridgehead atoms. The highest BCUT2D eigenvalue weighted by Gasteiger charge is 2.08. The molecule has 0 atom stereocenters. The molecule has 0 saturated heterocycles. The van der Waals surface area contributed by atoms with Gasteiger partial charge in [0.1, 0.15) is 0 Å². The summed E-state index contributed by atoms with van der Waals surface area (Å²) in [5.74, 6) is -0.196. The summed E-state index contributed by atoms with van der Waals surface area (Å²) in [6.45, 7) is 3.33. The second-order valence-corrected chi connectivity index (χ2v) is 2.94. The van der Waals surface area contributed by atoms with E-state index in [1.165, 1.54) is 24.7 Å². The van der Waals surface area contributed by atoms with Crippen LogP contribution in [0, 0.1) is 0 Å². The van der Waals surface area contributed by atoms with E-state index in [-0.39, 0.29) is 5.97 Å². The van der Waals surface area contributed by atoms with Crippen molar-refractivity contribution in [3.63, 3.8) is 0 Å². The average Bonchev–Trinajstić information content (AvgIpc) is 2.06. The van der Waals surface area contributed by atoms with Crippen molar-refractivity contribution < 1.29 is 9.53 Å². The van der Waals surface area contributed by atoms with Crippen LogP contribution in [0.2, 0.25) is 0 Å². The van der Waals surface area contributed by atoms with Crippen molar-refractivity contribution in [1.29, 1.82) is 0 Å². The van der Waals surface area contributed by atoms with E-state index in [4.69, 9.17) is 0 Å². The molecule has 66 valence electrons. The Hall–Kier alpha value is -1.05. The molecule has 0 aromatic rings. The van der Waals surface area contributed by atoms with E-state index in [0.29, 0.717) is 6.42 Å². The van der Waals surface area contributed by atoms with Crippen LogP contribution in [0.15, 0.2) is 24.5 Å². The van der Waals surface area contributed by atoms with E-state index in [2.05, 4.69) is 17.4 Å². The zero-order valence-corrected chi connectivity index (χ0v) is 7.21. The molecule has 0 aromatic carbocycles. The van der Waals surface area contributed by atoms with Crippen LogP contribution in [0.5, 0.6) is 0 Å². The van der Waals surface area contributed by atoms with Crippen LogP contribution in [0.3, 0.4) is 0 Å². The van der Waals surface area contributed by atoms with E-state index in [9.17, 15) is 4.79 Å². The lowest BCUT2D eigenvalue weighted by Gasteiger charge is -2.10. The van der Waals surface area contributed by atoms with Crippen molar-refractivity contribution in [2.24, 2.45) is 0 Å². The third kappa shape index (κ3) is 2.91. The summed E-state index contributed by atoms with van der Waals surface area (Å²) < 4.78 is 4.63. The van der Waals surface area contributed by atoms with Crippen molar-refractivity contribution >= 4 is 5.97 Å². The number of ether oxygens (including phenoxy) is 1. The van der Waals surface area contributed by atoms with E-state index in [1.807, 2.05) is 0 Å². The largest absolute Gasteiger partial charge is 0.435 e. The zero-order chi connectivity index (χ0) is 8.81. The number of hydrogen-bond donors (Lipinski definition) is 0. The summed E-state index contributed by atoms with van der Waals surface area (Å²) in [7, 11) is 0. The number of carbonyl (C=O) groups excluding carboxylic acids is 1. The Morgan fingerprint density at radius 3 is 3.08 bits per heavy atom. The van der Waals surface area contributed by atoms with Crippen LogP contribution in [0.1, 0.15) is 32.1 Å². The van der Waals surface area contributed by atoms with Crippen LogP contribution in [0.25, 0.3) is 0 Å². The van der Waals surface area contributed by atoms with Gasteiger partial charge >= 0.3 is 5.97 Å². The van der Waals surface area contributed by atoms with Crippen LogP contribution in [-0.2, 0) is 9.53 Å². The van der Waals surface area contributed by atoms with Gasteiger partial charge in [-0.25, -0.2) is 0 Å². The smallest absolute Gasteiger partial charge is 0.314 e. The Morgan fingerprint density at radius 2 is 2.50 bits per heavy atom. The van der Waals surface area contributed by atoms with Crippen LogP contribution < -0.4 is 0 Å².